The van der Waals surface area contributed by atoms with Crippen molar-refractivity contribution in [3.8, 4) is 5.75 Å². The second kappa shape index (κ2) is 7.51. The minimum Gasteiger partial charge on any atom is -0.493 e. The van der Waals surface area contributed by atoms with Gasteiger partial charge in [0.25, 0.3) is 0 Å². The van der Waals surface area contributed by atoms with Crippen LogP contribution in [-0.4, -0.2) is 25.9 Å². The van der Waals surface area contributed by atoms with Crippen LogP contribution in [0.25, 0.3) is 0 Å². The Balaban J connectivity index is 1.74. The molecule has 0 radical (unpaired) electrons. The number of benzene rings is 1. The van der Waals surface area contributed by atoms with Gasteiger partial charge in [0, 0.05) is 19.1 Å². The molecular formula is C16H25NO2. The van der Waals surface area contributed by atoms with E-state index in [1.165, 1.54) is 18.4 Å². The molecule has 19 heavy (non-hydrogen) atoms. The maximum Gasteiger partial charge on any atom is 0.119 e. The maximum atomic E-state index is 5.76. The molecule has 1 fully saturated rings. The fraction of sp³-hybridized carbons (Fsp3) is 0.625. The van der Waals surface area contributed by atoms with Crippen molar-refractivity contribution in [1.29, 1.82) is 0 Å². The summed E-state index contributed by atoms with van der Waals surface area (Å²) in [5.74, 6) is 0.949. The number of rotatable bonds is 7. The first-order chi connectivity index (χ1) is 9.29. The van der Waals surface area contributed by atoms with Crippen LogP contribution in [0.5, 0.6) is 5.75 Å². The fourth-order valence-electron chi connectivity index (χ4n) is 2.46. The molecule has 1 aliphatic rings. The molecule has 3 heteroatoms. The normalized spacial score (nSPS) is 20.4. The highest BCUT2D eigenvalue weighted by Gasteiger charge is 2.15. The molecule has 0 spiro atoms. The topological polar surface area (TPSA) is 30.5 Å². The minimum atomic E-state index is 0.394. The SMILES string of the molecule is CCNC(C)c1ccc(OCCC2CCCO2)cc1. The van der Waals surface area contributed by atoms with Crippen molar-refractivity contribution in [1.82, 2.24) is 5.32 Å². The third-order valence-corrected chi connectivity index (χ3v) is 3.62. The van der Waals surface area contributed by atoms with Crippen molar-refractivity contribution in [2.75, 3.05) is 19.8 Å². The summed E-state index contributed by atoms with van der Waals surface area (Å²) in [4.78, 5) is 0. The Bertz CT molecular complexity index is 358. The Kier molecular flexibility index (Phi) is 5.67. The van der Waals surface area contributed by atoms with E-state index in [9.17, 15) is 0 Å². The molecule has 0 bridgehead atoms. The molecule has 0 saturated carbocycles. The first-order valence-electron chi connectivity index (χ1n) is 7.37. The molecule has 2 rings (SSSR count). The predicted octanol–water partition coefficient (Wildman–Crippen LogP) is 3.31. The molecular weight excluding hydrogens is 238 g/mol. The lowest BCUT2D eigenvalue weighted by Gasteiger charge is -2.14. The summed E-state index contributed by atoms with van der Waals surface area (Å²) in [6, 6.07) is 8.77. The molecule has 1 heterocycles. The van der Waals surface area contributed by atoms with Gasteiger partial charge in [-0.1, -0.05) is 19.1 Å². The maximum absolute atomic E-state index is 5.76. The number of hydrogen-bond donors (Lipinski definition) is 1. The highest BCUT2D eigenvalue weighted by Crippen LogP contribution is 2.19. The minimum absolute atomic E-state index is 0.394. The first kappa shape index (κ1) is 14.4. The van der Waals surface area contributed by atoms with E-state index in [1.54, 1.807) is 0 Å². The highest BCUT2D eigenvalue weighted by molar-refractivity contribution is 5.28. The lowest BCUT2D eigenvalue weighted by molar-refractivity contribution is 0.0903. The summed E-state index contributed by atoms with van der Waals surface area (Å²) < 4.78 is 11.3. The van der Waals surface area contributed by atoms with Crippen LogP contribution < -0.4 is 10.1 Å². The van der Waals surface area contributed by atoms with Gasteiger partial charge in [-0.3, -0.25) is 0 Å². The molecule has 0 amide bonds. The Labute approximate surface area is 116 Å². The van der Waals surface area contributed by atoms with Crippen molar-refractivity contribution in [3.63, 3.8) is 0 Å². The molecule has 0 aliphatic carbocycles. The van der Waals surface area contributed by atoms with Gasteiger partial charge in [0.2, 0.25) is 0 Å². The zero-order valence-electron chi connectivity index (χ0n) is 12.0. The van der Waals surface area contributed by atoms with Gasteiger partial charge in [-0.25, -0.2) is 0 Å². The quantitative estimate of drug-likeness (QED) is 0.818. The molecule has 106 valence electrons. The largest absolute Gasteiger partial charge is 0.493 e. The third kappa shape index (κ3) is 4.51. The number of hydrogen-bond acceptors (Lipinski definition) is 3. The van der Waals surface area contributed by atoms with Gasteiger partial charge in [-0.2, -0.15) is 0 Å². The Morgan fingerprint density at radius 3 is 2.79 bits per heavy atom. The molecule has 1 N–H and O–H groups in total. The van der Waals surface area contributed by atoms with Crippen LogP contribution in [0.4, 0.5) is 0 Å². The van der Waals surface area contributed by atoms with Crippen molar-refractivity contribution < 1.29 is 9.47 Å². The van der Waals surface area contributed by atoms with Crippen LogP contribution in [0.3, 0.4) is 0 Å². The van der Waals surface area contributed by atoms with E-state index in [0.717, 1.165) is 31.9 Å². The van der Waals surface area contributed by atoms with Crippen molar-refractivity contribution >= 4 is 0 Å². The van der Waals surface area contributed by atoms with Gasteiger partial charge in [-0.05, 0) is 44.0 Å². The summed E-state index contributed by atoms with van der Waals surface area (Å²) in [6.45, 7) is 6.95. The lowest BCUT2D eigenvalue weighted by Crippen LogP contribution is -2.17. The van der Waals surface area contributed by atoms with Crippen LogP contribution in [0.2, 0.25) is 0 Å². The van der Waals surface area contributed by atoms with Crippen molar-refractivity contribution in [3.05, 3.63) is 29.8 Å². The van der Waals surface area contributed by atoms with E-state index in [4.69, 9.17) is 9.47 Å². The van der Waals surface area contributed by atoms with Crippen LogP contribution in [-0.2, 0) is 4.74 Å². The van der Waals surface area contributed by atoms with Gasteiger partial charge < -0.3 is 14.8 Å². The smallest absolute Gasteiger partial charge is 0.119 e. The molecule has 0 aromatic heterocycles. The van der Waals surface area contributed by atoms with E-state index in [-0.39, 0.29) is 0 Å². The second-order valence-electron chi connectivity index (χ2n) is 5.12. The van der Waals surface area contributed by atoms with Gasteiger partial charge in [0.15, 0.2) is 0 Å². The summed E-state index contributed by atoms with van der Waals surface area (Å²) in [5.41, 5.74) is 1.30. The van der Waals surface area contributed by atoms with Crippen LogP contribution in [0.1, 0.15) is 44.7 Å². The fourth-order valence-corrected chi connectivity index (χ4v) is 2.46. The Morgan fingerprint density at radius 1 is 1.37 bits per heavy atom. The predicted molar refractivity (Wildman–Crippen MR) is 77.6 cm³/mol. The summed E-state index contributed by atoms with van der Waals surface area (Å²) in [7, 11) is 0. The number of ether oxygens (including phenoxy) is 2. The molecule has 2 atom stereocenters. The standard InChI is InChI=1S/C16H25NO2/c1-3-17-13(2)14-6-8-16(9-7-14)19-12-10-15-5-4-11-18-15/h6-9,13,15,17H,3-5,10-12H2,1-2H3. The van der Waals surface area contributed by atoms with E-state index >= 15 is 0 Å². The molecule has 3 nitrogen and oxygen atoms in total. The average Bonchev–Trinajstić information content (AvgIpc) is 2.93. The van der Waals surface area contributed by atoms with Crippen molar-refractivity contribution in [2.24, 2.45) is 0 Å². The molecule has 1 aromatic carbocycles. The second-order valence-corrected chi connectivity index (χ2v) is 5.12. The van der Waals surface area contributed by atoms with Gasteiger partial charge in [-0.15, -0.1) is 0 Å². The van der Waals surface area contributed by atoms with Gasteiger partial charge in [0.1, 0.15) is 5.75 Å². The Morgan fingerprint density at radius 2 is 2.16 bits per heavy atom. The first-order valence-corrected chi connectivity index (χ1v) is 7.37. The van der Waals surface area contributed by atoms with E-state index < -0.39 is 0 Å². The summed E-state index contributed by atoms with van der Waals surface area (Å²) >= 11 is 0. The Hall–Kier alpha value is -1.06. The van der Waals surface area contributed by atoms with E-state index in [1.807, 2.05) is 0 Å². The van der Waals surface area contributed by atoms with Crippen LogP contribution in [0, 0.1) is 0 Å². The van der Waals surface area contributed by atoms with Gasteiger partial charge >= 0.3 is 0 Å². The molecule has 2 unspecified atom stereocenters. The van der Waals surface area contributed by atoms with Crippen LogP contribution >= 0.6 is 0 Å². The monoisotopic (exact) mass is 263 g/mol. The summed E-state index contributed by atoms with van der Waals surface area (Å²) in [6.07, 6.45) is 3.78. The van der Waals surface area contributed by atoms with E-state index in [2.05, 4.69) is 43.4 Å². The molecule has 1 saturated heterocycles. The molecule has 1 aromatic rings. The van der Waals surface area contributed by atoms with E-state index in [0.29, 0.717) is 12.1 Å². The highest BCUT2D eigenvalue weighted by atomic mass is 16.5. The number of nitrogens with one attached hydrogen (secondary N) is 1. The summed E-state index contributed by atoms with van der Waals surface area (Å²) in [5, 5.41) is 3.40. The lowest BCUT2D eigenvalue weighted by atomic mass is 10.1. The zero-order chi connectivity index (χ0) is 13.5. The van der Waals surface area contributed by atoms with Crippen molar-refractivity contribution in [2.45, 2.75) is 45.3 Å². The van der Waals surface area contributed by atoms with Gasteiger partial charge in [0.05, 0.1) is 12.7 Å². The van der Waals surface area contributed by atoms with Crippen LogP contribution in [0.15, 0.2) is 24.3 Å². The third-order valence-electron chi connectivity index (χ3n) is 3.62. The molecule has 1 aliphatic heterocycles. The average molecular weight is 263 g/mol. The zero-order valence-corrected chi connectivity index (χ0v) is 12.0.